The summed E-state index contributed by atoms with van der Waals surface area (Å²) in [5.41, 5.74) is 0.00291. The van der Waals surface area contributed by atoms with Crippen LogP contribution in [0.3, 0.4) is 0 Å². The number of nitro groups is 2. The summed E-state index contributed by atoms with van der Waals surface area (Å²) in [5, 5.41) is 21.7. The zero-order valence-corrected chi connectivity index (χ0v) is 15.8. The predicted molar refractivity (Wildman–Crippen MR) is 104 cm³/mol. The third kappa shape index (κ3) is 3.94. The number of nitro benzene ring substituents is 2. The minimum atomic E-state index is -0.647. The van der Waals surface area contributed by atoms with Gasteiger partial charge in [-0.1, -0.05) is 30.3 Å². The zero-order chi connectivity index (χ0) is 21.1. The van der Waals surface area contributed by atoms with Crippen LogP contribution in [0.2, 0.25) is 0 Å². The largest absolute Gasteiger partial charge is 0.490 e. The number of rotatable bonds is 6. The average molecular weight is 415 g/mol. The Morgan fingerprint density at radius 2 is 1.69 bits per heavy atom. The topological polar surface area (TPSA) is 133 Å². The van der Waals surface area contributed by atoms with Crippen molar-refractivity contribution in [2.45, 2.75) is 6.54 Å². The van der Waals surface area contributed by atoms with E-state index in [0.29, 0.717) is 11.8 Å². The molecular weight excluding hydrogens is 402 g/mol. The van der Waals surface area contributed by atoms with E-state index in [1.165, 1.54) is 49.6 Å². The molecule has 2 aromatic rings. The summed E-state index contributed by atoms with van der Waals surface area (Å²) in [6.45, 7) is -0.259. The molecule has 10 nitrogen and oxygen atoms in total. The maximum Gasteiger partial charge on any atom is 0.311 e. The Bertz CT molecular complexity index is 1070. The smallest absolute Gasteiger partial charge is 0.311 e. The molecule has 0 unspecified atom stereocenters. The summed E-state index contributed by atoms with van der Waals surface area (Å²) in [7, 11) is 1.26. The minimum absolute atomic E-state index is 0.0346. The van der Waals surface area contributed by atoms with Crippen LogP contribution in [0, 0.1) is 20.2 Å². The molecule has 0 bridgehead atoms. The van der Waals surface area contributed by atoms with Gasteiger partial charge in [-0.15, -0.1) is 0 Å². The third-order valence-corrected chi connectivity index (χ3v) is 5.01. The quantitative estimate of drug-likeness (QED) is 0.396. The molecule has 11 heteroatoms. The lowest BCUT2D eigenvalue weighted by Crippen LogP contribution is -2.27. The number of carbonyl (C=O) groups excluding carboxylic acids is 2. The lowest BCUT2D eigenvalue weighted by Gasteiger charge is -2.12. The highest BCUT2D eigenvalue weighted by atomic mass is 32.2. The lowest BCUT2D eigenvalue weighted by molar-refractivity contribution is -0.385. The second-order valence-corrected chi connectivity index (χ2v) is 6.80. The molecule has 1 fully saturated rings. The molecule has 0 radical (unpaired) electrons. The number of methoxy groups -OCH3 is 1. The van der Waals surface area contributed by atoms with Crippen LogP contribution >= 0.6 is 11.8 Å². The van der Waals surface area contributed by atoms with E-state index in [0.717, 1.165) is 4.90 Å². The average Bonchev–Trinajstić information content (AvgIpc) is 2.95. The molecule has 0 spiro atoms. The highest BCUT2D eigenvalue weighted by Crippen LogP contribution is 2.38. The fraction of sp³-hybridized carbons (Fsp3) is 0.111. The molecule has 0 N–H and O–H groups in total. The molecule has 0 aliphatic carbocycles. The lowest BCUT2D eigenvalue weighted by atomic mass is 10.1. The normalized spacial score (nSPS) is 15.1. The molecule has 0 aromatic heterocycles. The molecule has 2 amide bonds. The van der Waals surface area contributed by atoms with Crippen LogP contribution in [0.15, 0.2) is 47.4 Å². The first-order valence-corrected chi connectivity index (χ1v) is 8.94. The van der Waals surface area contributed by atoms with Gasteiger partial charge >= 0.3 is 5.69 Å². The molecule has 1 aliphatic heterocycles. The van der Waals surface area contributed by atoms with Crippen molar-refractivity contribution >= 4 is 40.4 Å². The van der Waals surface area contributed by atoms with Gasteiger partial charge < -0.3 is 4.74 Å². The first-order chi connectivity index (χ1) is 13.8. The van der Waals surface area contributed by atoms with Gasteiger partial charge in [-0.05, 0) is 17.8 Å². The van der Waals surface area contributed by atoms with Crippen LogP contribution in [0.5, 0.6) is 5.75 Å². The SMILES string of the molecule is COc1c(/C=C2\SC(=O)N(Cc3ccccc3[N+](=O)[O-])C2=O)cccc1[N+](=O)[O-]. The van der Waals surface area contributed by atoms with Gasteiger partial charge in [-0.2, -0.15) is 0 Å². The van der Waals surface area contributed by atoms with Crippen LogP contribution in [0.25, 0.3) is 6.08 Å². The van der Waals surface area contributed by atoms with E-state index in [2.05, 4.69) is 0 Å². The number of para-hydroxylation sites is 2. The van der Waals surface area contributed by atoms with E-state index in [1.54, 1.807) is 6.07 Å². The molecular formula is C18H13N3O7S. The van der Waals surface area contributed by atoms with Crippen molar-refractivity contribution in [1.82, 2.24) is 4.90 Å². The number of ether oxygens (including phenoxy) is 1. The number of benzene rings is 2. The second-order valence-electron chi connectivity index (χ2n) is 5.81. The molecule has 0 atom stereocenters. The van der Waals surface area contributed by atoms with Crippen molar-refractivity contribution in [3.05, 3.63) is 78.7 Å². The molecule has 1 saturated heterocycles. The number of amides is 2. The van der Waals surface area contributed by atoms with Gasteiger partial charge in [0.25, 0.3) is 16.8 Å². The van der Waals surface area contributed by atoms with Crippen molar-refractivity contribution in [2.75, 3.05) is 7.11 Å². The highest BCUT2D eigenvalue weighted by Gasteiger charge is 2.36. The standard InChI is InChI=1S/C18H13N3O7S/c1-28-16-11(6-4-8-14(16)21(26)27)9-15-17(22)19(18(23)29-15)10-12-5-2-3-7-13(12)20(24)25/h2-9H,10H2,1H3/b15-9-. The Morgan fingerprint density at radius 1 is 1.03 bits per heavy atom. The fourth-order valence-electron chi connectivity index (χ4n) is 2.79. The Hall–Kier alpha value is -3.73. The summed E-state index contributed by atoms with van der Waals surface area (Å²) in [4.78, 5) is 47.0. The Labute approximate surface area is 168 Å². The first-order valence-electron chi connectivity index (χ1n) is 8.12. The zero-order valence-electron chi connectivity index (χ0n) is 14.9. The van der Waals surface area contributed by atoms with Crippen LogP contribution in [-0.2, 0) is 11.3 Å². The molecule has 0 saturated carbocycles. The van der Waals surface area contributed by atoms with Crippen molar-refractivity contribution in [2.24, 2.45) is 0 Å². The van der Waals surface area contributed by atoms with E-state index >= 15 is 0 Å². The fourth-order valence-corrected chi connectivity index (χ4v) is 3.62. The maximum absolute atomic E-state index is 12.7. The van der Waals surface area contributed by atoms with Crippen LogP contribution in [-0.4, -0.2) is 33.0 Å². The van der Waals surface area contributed by atoms with Crippen LogP contribution in [0.1, 0.15) is 11.1 Å². The molecule has 3 rings (SSSR count). The van der Waals surface area contributed by atoms with Crippen LogP contribution in [0.4, 0.5) is 16.2 Å². The predicted octanol–water partition coefficient (Wildman–Crippen LogP) is 3.75. The summed E-state index contributed by atoms with van der Waals surface area (Å²) >= 11 is 0.647. The third-order valence-electron chi connectivity index (χ3n) is 4.10. The van der Waals surface area contributed by atoms with Crippen molar-refractivity contribution in [1.29, 1.82) is 0 Å². The Kier molecular flexibility index (Phi) is 5.59. The molecule has 1 heterocycles. The monoisotopic (exact) mass is 415 g/mol. The van der Waals surface area contributed by atoms with Gasteiger partial charge in [0.1, 0.15) is 0 Å². The number of carbonyl (C=O) groups is 2. The molecule has 148 valence electrons. The van der Waals surface area contributed by atoms with Gasteiger partial charge in [-0.3, -0.25) is 34.7 Å². The Morgan fingerprint density at radius 3 is 2.34 bits per heavy atom. The Balaban J connectivity index is 1.93. The number of imide groups is 1. The number of hydrogen-bond acceptors (Lipinski definition) is 8. The van der Waals surface area contributed by atoms with E-state index in [1.807, 2.05) is 0 Å². The second kappa shape index (κ2) is 8.10. The van der Waals surface area contributed by atoms with Crippen molar-refractivity contribution < 1.29 is 24.2 Å². The van der Waals surface area contributed by atoms with Gasteiger partial charge in [-0.25, -0.2) is 0 Å². The van der Waals surface area contributed by atoms with Gasteiger partial charge in [0.15, 0.2) is 0 Å². The molecule has 29 heavy (non-hydrogen) atoms. The minimum Gasteiger partial charge on any atom is -0.490 e. The number of thioether (sulfide) groups is 1. The summed E-state index contributed by atoms with van der Waals surface area (Å²) in [5.74, 6) is -0.685. The van der Waals surface area contributed by atoms with E-state index in [-0.39, 0.29) is 39.7 Å². The summed E-state index contributed by atoms with van der Waals surface area (Å²) < 4.78 is 5.09. The maximum atomic E-state index is 12.7. The van der Waals surface area contributed by atoms with Crippen LogP contribution < -0.4 is 4.74 Å². The first kappa shape index (κ1) is 20.0. The summed E-state index contributed by atoms with van der Waals surface area (Å²) in [6.07, 6.45) is 1.33. The summed E-state index contributed by atoms with van der Waals surface area (Å²) in [6, 6.07) is 10.0. The van der Waals surface area contributed by atoms with Crippen molar-refractivity contribution in [3.63, 3.8) is 0 Å². The van der Waals surface area contributed by atoms with Gasteiger partial charge in [0, 0.05) is 23.3 Å². The number of nitrogens with zero attached hydrogens (tertiary/aromatic N) is 3. The molecule has 2 aromatic carbocycles. The van der Waals surface area contributed by atoms with E-state index in [9.17, 15) is 29.8 Å². The van der Waals surface area contributed by atoms with E-state index < -0.39 is 21.0 Å². The van der Waals surface area contributed by atoms with Gasteiger partial charge in [0.05, 0.1) is 28.4 Å². The molecule has 1 aliphatic rings. The van der Waals surface area contributed by atoms with E-state index in [4.69, 9.17) is 4.74 Å². The van der Waals surface area contributed by atoms with Gasteiger partial charge in [0.2, 0.25) is 5.75 Å². The van der Waals surface area contributed by atoms with Crippen molar-refractivity contribution in [3.8, 4) is 5.75 Å². The highest BCUT2D eigenvalue weighted by molar-refractivity contribution is 8.18. The number of hydrogen-bond donors (Lipinski definition) is 0.